The van der Waals surface area contributed by atoms with Crippen LogP contribution in [0.2, 0.25) is 0 Å². The molecule has 0 radical (unpaired) electrons. The Balaban J connectivity index is 2.60. The van der Waals surface area contributed by atoms with Crippen molar-refractivity contribution >= 4 is 0 Å². The first-order valence-corrected chi connectivity index (χ1v) is 12.8. The second-order valence-corrected chi connectivity index (χ2v) is 11.6. The molecule has 0 heterocycles. The van der Waals surface area contributed by atoms with Gasteiger partial charge in [0, 0.05) is 0 Å². The lowest BCUT2D eigenvalue weighted by molar-refractivity contribution is 0.0612. The van der Waals surface area contributed by atoms with Crippen LogP contribution in [0, 0.1) is 17.3 Å². The summed E-state index contributed by atoms with van der Waals surface area (Å²) < 4.78 is 0. The lowest BCUT2D eigenvalue weighted by Gasteiger charge is -2.39. The molecule has 2 nitrogen and oxygen atoms in total. The van der Waals surface area contributed by atoms with Gasteiger partial charge in [-0.15, -0.1) is 0 Å². The van der Waals surface area contributed by atoms with Crippen molar-refractivity contribution in [3.05, 3.63) is 35.5 Å². The third-order valence-corrected chi connectivity index (χ3v) is 7.44. The first-order valence-electron chi connectivity index (χ1n) is 12.8. The van der Waals surface area contributed by atoms with Crippen LogP contribution < -0.4 is 0 Å². The summed E-state index contributed by atoms with van der Waals surface area (Å²) in [5.41, 5.74) is 3.35. The quantitative estimate of drug-likeness (QED) is 0.308. The van der Waals surface area contributed by atoms with Crippen LogP contribution in [0.15, 0.2) is 35.5 Å². The maximum atomic E-state index is 10.0. The SMILES string of the molecule is C=C1/C(=C\C=C(\C)CCCC(C)(C)C(CCC)[C@H](C)CCCC(C)(C)O)CCC[C@@H]1O. The van der Waals surface area contributed by atoms with Gasteiger partial charge in [-0.2, -0.15) is 0 Å². The second-order valence-electron chi connectivity index (χ2n) is 11.6. The molecule has 1 aliphatic carbocycles. The Labute approximate surface area is 193 Å². The van der Waals surface area contributed by atoms with Crippen LogP contribution in [0.4, 0.5) is 0 Å². The molecule has 1 rings (SSSR count). The highest BCUT2D eigenvalue weighted by Gasteiger charge is 2.32. The highest BCUT2D eigenvalue weighted by molar-refractivity contribution is 5.36. The summed E-state index contributed by atoms with van der Waals surface area (Å²) in [4.78, 5) is 0. The number of rotatable bonds is 13. The maximum Gasteiger partial charge on any atom is 0.0787 e. The van der Waals surface area contributed by atoms with Gasteiger partial charge in [0.05, 0.1) is 11.7 Å². The molecule has 0 aliphatic heterocycles. The van der Waals surface area contributed by atoms with Crippen LogP contribution in [0.1, 0.15) is 119 Å². The molecule has 0 saturated heterocycles. The standard InChI is InChI=1S/C29H52O2/c1-9-13-26(23(3)15-12-21-29(7,8)31)28(5,6)20-11-14-22(2)18-19-25-16-10-17-27(30)24(25)4/h18-19,23,26-27,30-31H,4,9-17,20-21H2,1-3,5-8H3/b22-18-,25-19-/t23-,26?,27+/m1/s1. The fourth-order valence-corrected chi connectivity index (χ4v) is 5.37. The van der Waals surface area contributed by atoms with Crippen molar-refractivity contribution in [2.75, 3.05) is 0 Å². The van der Waals surface area contributed by atoms with Gasteiger partial charge in [0.2, 0.25) is 0 Å². The maximum absolute atomic E-state index is 10.0. The normalized spacial score (nSPS) is 22.1. The minimum atomic E-state index is -0.545. The van der Waals surface area contributed by atoms with Crippen LogP contribution in [0.5, 0.6) is 0 Å². The summed E-state index contributed by atoms with van der Waals surface area (Å²) in [5, 5.41) is 20.0. The molecule has 0 bridgehead atoms. The monoisotopic (exact) mass is 432 g/mol. The molecular weight excluding hydrogens is 380 g/mol. The molecule has 1 unspecified atom stereocenters. The first-order chi connectivity index (χ1) is 14.4. The molecule has 0 aromatic carbocycles. The Kier molecular flexibility index (Phi) is 11.8. The number of hydrogen-bond acceptors (Lipinski definition) is 2. The van der Waals surface area contributed by atoms with Gasteiger partial charge < -0.3 is 10.2 Å². The summed E-state index contributed by atoms with van der Waals surface area (Å²) >= 11 is 0. The van der Waals surface area contributed by atoms with Crippen molar-refractivity contribution in [2.45, 2.75) is 131 Å². The second kappa shape index (κ2) is 13.0. The number of aliphatic hydroxyl groups excluding tert-OH is 1. The Bertz CT molecular complexity index is 603. The third kappa shape index (κ3) is 10.5. The number of hydrogen-bond donors (Lipinski definition) is 2. The smallest absolute Gasteiger partial charge is 0.0787 e. The van der Waals surface area contributed by atoms with E-state index in [4.69, 9.17) is 0 Å². The Morgan fingerprint density at radius 2 is 1.84 bits per heavy atom. The van der Waals surface area contributed by atoms with Gasteiger partial charge in [0.1, 0.15) is 0 Å². The van der Waals surface area contributed by atoms with Crippen LogP contribution in [-0.4, -0.2) is 21.9 Å². The highest BCUT2D eigenvalue weighted by Crippen LogP contribution is 2.42. The minimum absolute atomic E-state index is 0.338. The van der Waals surface area contributed by atoms with Gasteiger partial charge in [-0.05, 0) is 101 Å². The van der Waals surface area contributed by atoms with Gasteiger partial charge in [-0.25, -0.2) is 0 Å². The molecule has 31 heavy (non-hydrogen) atoms. The topological polar surface area (TPSA) is 40.5 Å². The van der Waals surface area contributed by atoms with E-state index in [1.165, 1.54) is 43.3 Å². The molecule has 0 aromatic rings. The van der Waals surface area contributed by atoms with E-state index in [0.29, 0.717) is 11.3 Å². The summed E-state index contributed by atoms with van der Waals surface area (Å²) in [5.74, 6) is 1.43. The molecule has 1 saturated carbocycles. The molecule has 2 N–H and O–H groups in total. The molecule has 1 aliphatic rings. The summed E-state index contributed by atoms with van der Waals surface area (Å²) in [6, 6.07) is 0. The van der Waals surface area contributed by atoms with Gasteiger partial charge in [-0.3, -0.25) is 0 Å². The Hall–Kier alpha value is -0.860. The largest absolute Gasteiger partial charge is 0.390 e. The van der Waals surface area contributed by atoms with Crippen LogP contribution in [0.25, 0.3) is 0 Å². The van der Waals surface area contributed by atoms with E-state index in [2.05, 4.69) is 53.3 Å². The van der Waals surface area contributed by atoms with Crippen LogP contribution >= 0.6 is 0 Å². The summed E-state index contributed by atoms with van der Waals surface area (Å²) in [6.45, 7) is 19.8. The predicted octanol–water partition coefficient (Wildman–Crippen LogP) is 8.15. The molecule has 3 atom stereocenters. The molecule has 1 fully saturated rings. The fraction of sp³-hybridized carbons (Fsp3) is 0.793. The van der Waals surface area contributed by atoms with Crippen LogP contribution in [0.3, 0.4) is 0 Å². The molecular formula is C29H52O2. The van der Waals surface area contributed by atoms with Crippen molar-refractivity contribution < 1.29 is 10.2 Å². The van der Waals surface area contributed by atoms with E-state index in [9.17, 15) is 10.2 Å². The number of aliphatic hydroxyl groups is 2. The van der Waals surface area contributed by atoms with E-state index in [0.717, 1.165) is 50.0 Å². The Morgan fingerprint density at radius 1 is 1.16 bits per heavy atom. The summed E-state index contributed by atoms with van der Waals surface area (Å²) in [7, 11) is 0. The van der Waals surface area contributed by atoms with Gasteiger partial charge >= 0.3 is 0 Å². The highest BCUT2D eigenvalue weighted by atomic mass is 16.3. The average molecular weight is 433 g/mol. The van der Waals surface area contributed by atoms with Gasteiger partial charge in [-0.1, -0.05) is 71.3 Å². The lowest BCUT2D eigenvalue weighted by atomic mass is 9.66. The van der Waals surface area contributed by atoms with Crippen molar-refractivity contribution in [1.82, 2.24) is 0 Å². The van der Waals surface area contributed by atoms with Gasteiger partial charge in [0.15, 0.2) is 0 Å². The minimum Gasteiger partial charge on any atom is -0.390 e. The van der Waals surface area contributed by atoms with E-state index in [1.54, 1.807) is 0 Å². The van der Waals surface area contributed by atoms with Crippen molar-refractivity contribution in [3.8, 4) is 0 Å². The van der Waals surface area contributed by atoms with Crippen molar-refractivity contribution in [1.29, 1.82) is 0 Å². The third-order valence-electron chi connectivity index (χ3n) is 7.44. The number of allylic oxidation sites excluding steroid dienone is 3. The van der Waals surface area contributed by atoms with Crippen molar-refractivity contribution in [3.63, 3.8) is 0 Å². The van der Waals surface area contributed by atoms with Gasteiger partial charge in [0.25, 0.3) is 0 Å². The van der Waals surface area contributed by atoms with Crippen molar-refractivity contribution in [2.24, 2.45) is 17.3 Å². The average Bonchev–Trinajstić information content (AvgIpc) is 2.65. The zero-order chi connectivity index (χ0) is 23.7. The zero-order valence-corrected chi connectivity index (χ0v) is 21.8. The van der Waals surface area contributed by atoms with E-state index >= 15 is 0 Å². The lowest BCUT2D eigenvalue weighted by Crippen LogP contribution is -2.30. The fourth-order valence-electron chi connectivity index (χ4n) is 5.37. The zero-order valence-electron chi connectivity index (χ0n) is 21.8. The summed E-state index contributed by atoms with van der Waals surface area (Å²) in [6.07, 6.45) is 16.4. The van der Waals surface area contributed by atoms with E-state index in [1.807, 2.05) is 13.8 Å². The van der Waals surface area contributed by atoms with E-state index in [-0.39, 0.29) is 6.10 Å². The molecule has 180 valence electrons. The molecule has 0 aromatic heterocycles. The molecule has 2 heteroatoms. The first kappa shape index (κ1) is 28.2. The van der Waals surface area contributed by atoms with Crippen LogP contribution in [-0.2, 0) is 0 Å². The predicted molar refractivity (Wildman–Crippen MR) is 136 cm³/mol. The Morgan fingerprint density at radius 3 is 2.45 bits per heavy atom. The molecule has 0 amide bonds. The molecule has 0 spiro atoms. The van der Waals surface area contributed by atoms with E-state index < -0.39 is 5.60 Å².